The van der Waals surface area contributed by atoms with Gasteiger partial charge < -0.3 is 5.73 Å². The average Bonchev–Trinajstić information content (AvgIpc) is 2.30. The number of sulfonamides is 1. The van der Waals surface area contributed by atoms with Gasteiger partial charge in [0.1, 0.15) is 0 Å². The van der Waals surface area contributed by atoms with Crippen LogP contribution in [0.25, 0.3) is 0 Å². The first kappa shape index (κ1) is 14.8. The quantitative estimate of drug-likeness (QED) is 0.519. The normalized spacial score (nSPS) is 10.4. The topological polar surface area (TPSA) is 98.0 Å². The molecule has 0 aliphatic heterocycles. The Morgan fingerprint density at radius 3 is 2.17 bits per heavy atom. The minimum atomic E-state index is -3.66. The van der Waals surface area contributed by atoms with Crippen molar-refractivity contribution in [2.24, 2.45) is 0 Å². The molecule has 0 aliphatic carbocycles. The number of aromatic nitrogens is 2. The summed E-state index contributed by atoms with van der Waals surface area (Å²) in [4.78, 5) is 7.67. The minimum Gasteiger partial charge on any atom is -0.399 e. The third-order valence-corrected chi connectivity index (χ3v) is 3.33. The van der Waals surface area contributed by atoms with Crippen LogP contribution in [0.3, 0.4) is 0 Å². The van der Waals surface area contributed by atoms with Crippen LogP contribution in [-0.2, 0) is 10.0 Å². The summed E-state index contributed by atoms with van der Waals surface area (Å²) in [5, 5.41) is 0. The molecule has 2 rings (SSSR count). The van der Waals surface area contributed by atoms with E-state index in [0.29, 0.717) is 5.69 Å². The molecule has 3 N–H and O–H groups in total. The maximum atomic E-state index is 11.9. The molecule has 0 aliphatic rings. The van der Waals surface area contributed by atoms with Crippen molar-refractivity contribution < 1.29 is 8.42 Å². The van der Waals surface area contributed by atoms with Gasteiger partial charge in [-0.25, -0.2) is 23.1 Å². The van der Waals surface area contributed by atoms with Gasteiger partial charge in [0.2, 0.25) is 5.95 Å². The molecule has 1 aromatic carbocycles. The van der Waals surface area contributed by atoms with Gasteiger partial charge >= 0.3 is 0 Å². The minimum absolute atomic E-state index is 0. The summed E-state index contributed by atoms with van der Waals surface area (Å²) in [6.07, 6.45) is 2.90. The Hall–Kier alpha value is -1.23. The predicted octanol–water partition coefficient (Wildman–Crippen LogP) is 0.479. The Bertz CT molecular complexity index is 602. The molecule has 0 fully saturated rings. The fraction of sp³-hybridized carbons (Fsp3) is 0. The number of nitrogens with one attached hydrogen (secondary N) is 1. The number of rotatable bonds is 3. The fourth-order valence-corrected chi connectivity index (χ4v) is 2.14. The summed E-state index contributed by atoms with van der Waals surface area (Å²) in [5.74, 6) is 0.0318. The molecule has 0 amide bonds. The Balaban J connectivity index is 0.00000162. The van der Waals surface area contributed by atoms with E-state index in [1.165, 1.54) is 36.7 Å². The summed E-state index contributed by atoms with van der Waals surface area (Å²) in [5.41, 5.74) is 5.98. The van der Waals surface area contributed by atoms with Crippen molar-refractivity contribution in [2.45, 2.75) is 4.90 Å². The van der Waals surface area contributed by atoms with Gasteiger partial charge in [-0.15, -0.1) is 0 Å². The molecule has 1 radical (unpaired) electrons. The van der Waals surface area contributed by atoms with E-state index < -0.39 is 10.0 Å². The Morgan fingerprint density at radius 2 is 1.61 bits per heavy atom. The standard InChI is InChI=1S/C10H10N4O2S.Tl/c11-8-2-4-9(5-3-8)17(15,16)14-10-12-6-1-7-13-10;/h1-7H,11H2,(H,12,13,14);. The zero-order valence-electron chi connectivity index (χ0n) is 9.32. The third-order valence-electron chi connectivity index (χ3n) is 1.98. The van der Waals surface area contributed by atoms with E-state index in [2.05, 4.69) is 14.7 Å². The number of hydrogen-bond acceptors (Lipinski definition) is 5. The SMILES string of the molecule is Nc1ccc(S(=O)(=O)Nc2ncccn2)cc1.[Tl]. The first-order valence-electron chi connectivity index (χ1n) is 4.73. The first-order chi connectivity index (χ1) is 8.08. The summed E-state index contributed by atoms with van der Waals surface area (Å²) < 4.78 is 26.0. The monoisotopic (exact) mass is 455 g/mol. The molecule has 2 aromatic rings. The molecule has 0 saturated carbocycles. The van der Waals surface area contributed by atoms with Crippen molar-refractivity contribution in [1.29, 1.82) is 0 Å². The van der Waals surface area contributed by atoms with Crippen molar-refractivity contribution in [2.75, 3.05) is 10.5 Å². The van der Waals surface area contributed by atoms with Crippen LogP contribution < -0.4 is 10.5 Å². The molecule has 1 heterocycles. The molecule has 6 nitrogen and oxygen atoms in total. The Morgan fingerprint density at radius 1 is 1.06 bits per heavy atom. The van der Waals surface area contributed by atoms with Gasteiger partial charge in [-0.05, 0) is 30.3 Å². The molecular formula is C10H10N4O2STl. The van der Waals surface area contributed by atoms with Gasteiger partial charge in [0.15, 0.2) is 0 Å². The zero-order valence-corrected chi connectivity index (χ0v) is 14.6. The van der Waals surface area contributed by atoms with Gasteiger partial charge in [0.05, 0.1) is 4.90 Å². The van der Waals surface area contributed by atoms with Gasteiger partial charge in [-0.2, -0.15) is 0 Å². The number of anilines is 2. The summed E-state index contributed by atoms with van der Waals surface area (Å²) in [7, 11) is -3.66. The van der Waals surface area contributed by atoms with E-state index in [-0.39, 0.29) is 38.1 Å². The second-order valence-corrected chi connectivity index (χ2v) is 4.93. The summed E-state index contributed by atoms with van der Waals surface area (Å²) in [6, 6.07) is 7.46. The van der Waals surface area contributed by atoms with Gasteiger partial charge in [0.25, 0.3) is 10.0 Å². The molecule has 1 aromatic heterocycles. The number of nitrogen functional groups attached to an aromatic ring is 1. The van der Waals surface area contributed by atoms with Crippen molar-refractivity contribution in [3.63, 3.8) is 0 Å². The molecule has 0 spiro atoms. The van der Waals surface area contributed by atoms with Gasteiger partial charge in [0, 0.05) is 45.4 Å². The maximum Gasteiger partial charge on any atom is 0.264 e. The molecule has 0 bridgehead atoms. The Kier molecular flexibility index (Phi) is 5.02. The summed E-state index contributed by atoms with van der Waals surface area (Å²) in [6.45, 7) is 0. The van der Waals surface area contributed by atoms with Crippen LogP contribution in [0.5, 0.6) is 0 Å². The van der Waals surface area contributed by atoms with Crippen LogP contribution in [0.4, 0.5) is 11.6 Å². The van der Waals surface area contributed by atoms with E-state index in [9.17, 15) is 8.42 Å². The van der Waals surface area contributed by atoms with Crippen LogP contribution >= 0.6 is 0 Å². The van der Waals surface area contributed by atoms with E-state index in [1.807, 2.05) is 0 Å². The zero-order chi connectivity index (χ0) is 12.3. The number of hydrogen-bond donors (Lipinski definition) is 2. The largest absolute Gasteiger partial charge is 0.399 e. The second kappa shape index (κ2) is 6.09. The van der Waals surface area contributed by atoms with Gasteiger partial charge in [-0.3, -0.25) is 0 Å². The van der Waals surface area contributed by atoms with Crippen molar-refractivity contribution >= 4 is 49.0 Å². The third kappa shape index (κ3) is 3.63. The first-order valence-corrected chi connectivity index (χ1v) is 6.22. The van der Waals surface area contributed by atoms with E-state index in [4.69, 9.17) is 5.73 Å². The van der Waals surface area contributed by atoms with E-state index in [1.54, 1.807) is 6.07 Å². The average molecular weight is 455 g/mol. The Labute approximate surface area is 125 Å². The smallest absolute Gasteiger partial charge is 0.264 e. The molecule has 0 atom stereocenters. The number of nitrogens with two attached hydrogens (primary N) is 1. The van der Waals surface area contributed by atoms with Crippen molar-refractivity contribution in [1.82, 2.24) is 9.97 Å². The molecule has 0 unspecified atom stereocenters. The van der Waals surface area contributed by atoms with Gasteiger partial charge in [-0.1, -0.05) is 0 Å². The molecule has 91 valence electrons. The van der Waals surface area contributed by atoms with Crippen LogP contribution in [-0.4, -0.2) is 45.7 Å². The van der Waals surface area contributed by atoms with Crippen LogP contribution in [0.15, 0.2) is 47.6 Å². The number of nitrogens with zero attached hydrogens (tertiary/aromatic N) is 2. The number of benzene rings is 1. The molecular weight excluding hydrogens is 445 g/mol. The predicted molar refractivity (Wildman–Crippen MR) is 69.4 cm³/mol. The summed E-state index contributed by atoms with van der Waals surface area (Å²) >= 11 is 0. The molecule has 8 heteroatoms. The van der Waals surface area contributed by atoms with E-state index >= 15 is 0 Å². The van der Waals surface area contributed by atoms with Crippen LogP contribution in [0.2, 0.25) is 0 Å². The maximum absolute atomic E-state index is 11.9. The van der Waals surface area contributed by atoms with Crippen LogP contribution in [0, 0.1) is 0 Å². The fourth-order valence-electron chi connectivity index (χ4n) is 1.18. The molecule has 0 saturated heterocycles. The van der Waals surface area contributed by atoms with Crippen molar-refractivity contribution in [3.8, 4) is 0 Å². The van der Waals surface area contributed by atoms with E-state index in [0.717, 1.165) is 0 Å². The molecule has 18 heavy (non-hydrogen) atoms. The van der Waals surface area contributed by atoms with Crippen molar-refractivity contribution in [3.05, 3.63) is 42.7 Å². The van der Waals surface area contributed by atoms with Crippen LogP contribution in [0.1, 0.15) is 0 Å². The second-order valence-electron chi connectivity index (χ2n) is 3.25.